The summed E-state index contributed by atoms with van der Waals surface area (Å²) < 4.78 is 20.6. The third-order valence-electron chi connectivity index (χ3n) is 5.38. The number of hydrogen-bond donors (Lipinski definition) is 1. The SMILES string of the molecule is COC(=O)c1ccc(C(=O)OC)c(NC(=O)COC(=O)C2c3ccccc3Oc3ccccc32)c1. The molecule has 1 amide bonds. The lowest BCUT2D eigenvalue weighted by Gasteiger charge is -2.26. The number of fused-ring (bicyclic) bond motifs is 2. The van der Waals surface area contributed by atoms with E-state index in [2.05, 4.69) is 10.1 Å². The number of carbonyl (C=O) groups is 4. The molecule has 0 aromatic heterocycles. The van der Waals surface area contributed by atoms with Crippen LogP contribution in [0.1, 0.15) is 37.8 Å². The predicted octanol–water partition coefficient (Wildman–Crippen LogP) is 3.68. The predicted molar refractivity (Wildman–Crippen MR) is 124 cm³/mol. The molecule has 0 spiro atoms. The summed E-state index contributed by atoms with van der Waals surface area (Å²) in [4.78, 5) is 49.7. The highest BCUT2D eigenvalue weighted by atomic mass is 16.5. The molecule has 3 aromatic carbocycles. The van der Waals surface area contributed by atoms with Gasteiger partial charge < -0.3 is 24.3 Å². The standard InChI is InChI=1S/C26H21NO8/c1-32-24(29)15-11-12-16(25(30)33-2)19(13-15)27-22(28)14-34-26(31)23-17-7-3-5-9-20(17)35-21-10-6-4-8-18(21)23/h3-13,23H,14H2,1-2H3,(H,27,28). The molecule has 9 heteroatoms. The van der Waals surface area contributed by atoms with Crippen molar-refractivity contribution in [3.8, 4) is 11.5 Å². The molecule has 178 valence electrons. The number of anilines is 1. The van der Waals surface area contributed by atoms with E-state index in [9.17, 15) is 19.2 Å². The zero-order valence-corrected chi connectivity index (χ0v) is 18.9. The van der Waals surface area contributed by atoms with Gasteiger partial charge in [-0.3, -0.25) is 9.59 Å². The van der Waals surface area contributed by atoms with Crippen molar-refractivity contribution in [1.29, 1.82) is 0 Å². The number of rotatable bonds is 6. The minimum atomic E-state index is -0.780. The maximum Gasteiger partial charge on any atom is 0.339 e. The second kappa shape index (κ2) is 10.1. The Bertz CT molecular complexity index is 1270. The van der Waals surface area contributed by atoms with Gasteiger partial charge in [0.05, 0.1) is 31.0 Å². The van der Waals surface area contributed by atoms with Gasteiger partial charge in [-0.1, -0.05) is 36.4 Å². The Morgan fingerprint density at radius 1 is 0.829 bits per heavy atom. The number of esters is 3. The molecule has 1 heterocycles. The van der Waals surface area contributed by atoms with Crippen molar-refractivity contribution in [2.75, 3.05) is 26.1 Å². The Balaban J connectivity index is 1.52. The van der Waals surface area contributed by atoms with Crippen LogP contribution in [0.4, 0.5) is 5.69 Å². The van der Waals surface area contributed by atoms with E-state index in [1.807, 2.05) is 0 Å². The highest BCUT2D eigenvalue weighted by molar-refractivity contribution is 6.04. The zero-order chi connectivity index (χ0) is 24.9. The average Bonchev–Trinajstić information content (AvgIpc) is 2.89. The monoisotopic (exact) mass is 475 g/mol. The number of methoxy groups -OCH3 is 2. The molecule has 1 N–H and O–H groups in total. The van der Waals surface area contributed by atoms with Crippen LogP contribution in [-0.4, -0.2) is 44.6 Å². The lowest BCUT2D eigenvalue weighted by molar-refractivity contribution is -0.148. The van der Waals surface area contributed by atoms with E-state index in [0.29, 0.717) is 22.6 Å². The van der Waals surface area contributed by atoms with Gasteiger partial charge in [-0.25, -0.2) is 9.59 Å². The van der Waals surface area contributed by atoms with E-state index in [1.165, 1.54) is 32.4 Å². The Kier molecular flexibility index (Phi) is 6.77. The van der Waals surface area contributed by atoms with Crippen molar-refractivity contribution in [3.63, 3.8) is 0 Å². The highest BCUT2D eigenvalue weighted by Crippen LogP contribution is 2.44. The van der Waals surface area contributed by atoms with E-state index in [1.54, 1.807) is 48.5 Å². The summed E-state index contributed by atoms with van der Waals surface area (Å²) in [5.74, 6) is -2.44. The van der Waals surface area contributed by atoms with Gasteiger partial charge in [-0.15, -0.1) is 0 Å². The smallest absolute Gasteiger partial charge is 0.339 e. The molecule has 9 nitrogen and oxygen atoms in total. The Labute approximate surface area is 200 Å². The quantitative estimate of drug-likeness (QED) is 0.424. The van der Waals surface area contributed by atoms with Crippen LogP contribution in [0.25, 0.3) is 0 Å². The molecule has 4 rings (SSSR count). The number of carbonyl (C=O) groups excluding carboxylic acids is 4. The second-order valence-corrected chi connectivity index (χ2v) is 7.51. The van der Waals surface area contributed by atoms with Crippen molar-refractivity contribution in [2.24, 2.45) is 0 Å². The molecule has 0 saturated carbocycles. The van der Waals surface area contributed by atoms with Gasteiger partial charge >= 0.3 is 17.9 Å². The number of hydrogen-bond acceptors (Lipinski definition) is 8. The number of ether oxygens (including phenoxy) is 4. The molecule has 35 heavy (non-hydrogen) atoms. The number of para-hydroxylation sites is 2. The third kappa shape index (κ3) is 4.84. The van der Waals surface area contributed by atoms with Gasteiger partial charge in [0.15, 0.2) is 6.61 Å². The second-order valence-electron chi connectivity index (χ2n) is 7.51. The molecule has 1 aliphatic rings. The van der Waals surface area contributed by atoms with Crippen molar-refractivity contribution in [3.05, 3.63) is 89.0 Å². The molecular weight excluding hydrogens is 454 g/mol. The van der Waals surface area contributed by atoms with Gasteiger partial charge in [0.25, 0.3) is 5.91 Å². The molecule has 1 aliphatic heterocycles. The van der Waals surface area contributed by atoms with Crippen LogP contribution in [0.2, 0.25) is 0 Å². The summed E-state index contributed by atoms with van der Waals surface area (Å²) in [5.41, 5.74) is 1.39. The van der Waals surface area contributed by atoms with Crippen molar-refractivity contribution < 1.29 is 38.1 Å². The van der Waals surface area contributed by atoms with Crippen molar-refractivity contribution >= 4 is 29.5 Å². The van der Waals surface area contributed by atoms with E-state index in [4.69, 9.17) is 14.2 Å². The zero-order valence-electron chi connectivity index (χ0n) is 18.9. The summed E-state index contributed by atoms with van der Waals surface area (Å²) in [5, 5.41) is 2.49. The molecule has 0 saturated heterocycles. The van der Waals surface area contributed by atoms with Crippen LogP contribution in [-0.2, 0) is 23.8 Å². The highest BCUT2D eigenvalue weighted by Gasteiger charge is 2.34. The van der Waals surface area contributed by atoms with Crippen LogP contribution < -0.4 is 10.1 Å². The van der Waals surface area contributed by atoms with E-state index < -0.39 is 36.3 Å². The fraction of sp³-hybridized carbons (Fsp3) is 0.154. The number of amides is 1. The molecule has 0 aliphatic carbocycles. The molecule has 0 radical (unpaired) electrons. The maximum atomic E-state index is 13.1. The minimum Gasteiger partial charge on any atom is -0.465 e. The summed E-state index contributed by atoms with van der Waals surface area (Å²) in [7, 11) is 2.40. The average molecular weight is 475 g/mol. The summed E-state index contributed by atoms with van der Waals surface area (Å²) >= 11 is 0. The first kappa shape index (κ1) is 23.5. The molecular formula is C26H21NO8. The Morgan fingerprint density at radius 2 is 1.43 bits per heavy atom. The van der Waals surface area contributed by atoms with Crippen LogP contribution in [0.15, 0.2) is 66.7 Å². The van der Waals surface area contributed by atoms with Crippen molar-refractivity contribution in [2.45, 2.75) is 5.92 Å². The van der Waals surface area contributed by atoms with E-state index in [0.717, 1.165) is 0 Å². The fourth-order valence-electron chi connectivity index (χ4n) is 3.75. The van der Waals surface area contributed by atoms with Gasteiger partial charge in [-0.2, -0.15) is 0 Å². The van der Waals surface area contributed by atoms with E-state index in [-0.39, 0.29) is 16.8 Å². The van der Waals surface area contributed by atoms with E-state index >= 15 is 0 Å². The number of benzene rings is 3. The lowest BCUT2D eigenvalue weighted by atomic mass is 9.88. The fourth-order valence-corrected chi connectivity index (χ4v) is 3.75. The van der Waals surface area contributed by atoms with Crippen LogP contribution in [0, 0.1) is 0 Å². The first-order valence-corrected chi connectivity index (χ1v) is 10.6. The molecule has 3 aromatic rings. The molecule has 0 bridgehead atoms. The van der Waals surface area contributed by atoms with Crippen LogP contribution in [0.5, 0.6) is 11.5 Å². The van der Waals surface area contributed by atoms with Crippen LogP contribution >= 0.6 is 0 Å². The summed E-state index contributed by atoms with van der Waals surface area (Å²) in [6.45, 7) is -0.621. The van der Waals surface area contributed by atoms with Crippen LogP contribution in [0.3, 0.4) is 0 Å². The molecule has 0 fully saturated rings. The number of nitrogens with one attached hydrogen (secondary N) is 1. The summed E-state index contributed by atoms with van der Waals surface area (Å²) in [6, 6.07) is 18.2. The maximum absolute atomic E-state index is 13.1. The minimum absolute atomic E-state index is 0.0163. The largest absolute Gasteiger partial charge is 0.465 e. The summed E-state index contributed by atoms with van der Waals surface area (Å²) in [6.07, 6.45) is 0. The first-order valence-electron chi connectivity index (χ1n) is 10.6. The molecule has 0 atom stereocenters. The Hall–Kier alpha value is -4.66. The van der Waals surface area contributed by atoms with Gasteiger partial charge in [0, 0.05) is 11.1 Å². The third-order valence-corrected chi connectivity index (χ3v) is 5.38. The van der Waals surface area contributed by atoms with Crippen molar-refractivity contribution in [1.82, 2.24) is 0 Å². The Morgan fingerprint density at radius 3 is 2.03 bits per heavy atom. The van der Waals surface area contributed by atoms with Gasteiger partial charge in [0.2, 0.25) is 0 Å². The lowest BCUT2D eigenvalue weighted by Crippen LogP contribution is -2.26. The molecule has 0 unspecified atom stereocenters. The first-order chi connectivity index (χ1) is 16.9. The topological polar surface area (TPSA) is 117 Å². The van der Waals surface area contributed by atoms with Gasteiger partial charge in [-0.05, 0) is 30.3 Å². The normalized spacial score (nSPS) is 11.8. The van der Waals surface area contributed by atoms with Gasteiger partial charge in [0.1, 0.15) is 17.4 Å².